The number of aliphatic imine (C=N–C) groups is 1. The van der Waals surface area contributed by atoms with Gasteiger partial charge in [0, 0.05) is 12.4 Å². The highest BCUT2D eigenvalue weighted by atomic mass is 16.3. The van der Waals surface area contributed by atoms with Gasteiger partial charge in [0.2, 0.25) is 0 Å². The lowest BCUT2D eigenvalue weighted by atomic mass is 10.2. The molecule has 1 rings (SSSR count). The van der Waals surface area contributed by atoms with Gasteiger partial charge in [-0.05, 0) is 6.08 Å². The summed E-state index contributed by atoms with van der Waals surface area (Å²) >= 11 is 0. The number of allylic oxidation sites excluding steroid dienone is 2. The van der Waals surface area contributed by atoms with E-state index in [1.54, 1.807) is 12.2 Å². The van der Waals surface area contributed by atoms with Gasteiger partial charge in [0.15, 0.2) is 5.76 Å². The normalized spacial score (nSPS) is 22.2. The van der Waals surface area contributed by atoms with E-state index in [2.05, 4.69) is 23.5 Å². The molecule has 0 spiro atoms. The summed E-state index contributed by atoms with van der Waals surface area (Å²) in [5.74, 6) is 0.114. The summed E-state index contributed by atoms with van der Waals surface area (Å²) in [5.41, 5.74) is 1.22. The second kappa shape index (κ2) is 3.57. The molecule has 0 fully saturated rings. The van der Waals surface area contributed by atoms with Gasteiger partial charge >= 0.3 is 0 Å². The summed E-state index contributed by atoms with van der Waals surface area (Å²) in [4.78, 5) is 3.89. The van der Waals surface area contributed by atoms with Crippen LogP contribution in [0.3, 0.4) is 0 Å². The Bertz CT molecular complexity index is 298. The van der Waals surface area contributed by atoms with Gasteiger partial charge in [0.1, 0.15) is 5.71 Å². The Labute approximate surface area is 71.1 Å². The number of nitrogens with zero attached hydrogens (tertiary/aromatic N) is 1. The monoisotopic (exact) mass is 162 g/mol. The highest BCUT2D eigenvalue weighted by molar-refractivity contribution is 6.12. The van der Waals surface area contributed by atoms with Crippen LogP contribution in [0.4, 0.5) is 0 Å². The van der Waals surface area contributed by atoms with E-state index in [9.17, 15) is 5.11 Å². The Balaban J connectivity index is 2.99. The molecule has 0 aromatic heterocycles. The Kier molecular flexibility index (Phi) is 2.48. The number of nitrogens with one attached hydrogen (secondary N) is 1. The van der Waals surface area contributed by atoms with Gasteiger partial charge in [0.05, 0.1) is 5.70 Å². The van der Waals surface area contributed by atoms with Gasteiger partial charge in [-0.1, -0.05) is 19.2 Å². The van der Waals surface area contributed by atoms with Crippen LogP contribution < -0.4 is 5.32 Å². The van der Waals surface area contributed by atoms with Crippen molar-refractivity contribution in [2.75, 3.05) is 0 Å². The highest BCUT2D eigenvalue weighted by Gasteiger charge is 2.15. The molecular weight excluding hydrogens is 152 g/mol. The van der Waals surface area contributed by atoms with Crippen molar-refractivity contribution in [3.8, 4) is 0 Å². The maximum atomic E-state index is 9.26. The summed E-state index contributed by atoms with van der Waals surface area (Å²) in [5, 5.41) is 12.1. The van der Waals surface area contributed by atoms with E-state index in [0.29, 0.717) is 5.71 Å². The van der Waals surface area contributed by atoms with Crippen molar-refractivity contribution >= 4 is 5.71 Å². The number of aliphatic hydroxyl groups excluding tert-OH is 1. The molecule has 0 aliphatic carbocycles. The van der Waals surface area contributed by atoms with Crippen molar-refractivity contribution in [3.63, 3.8) is 0 Å². The van der Waals surface area contributed by atoms with E-state index in [1.807, 2.05) is 0 Å². The Morgan fingerprint density at radius 2 is 2.25 bits per heavy atom. The predicted molar refractivity (Wildman–Crippen MR) is 49.8 cm³/mol. The van der Waals surface area contributed by atoms with Crippen LogP contribution in [-0.2, 0) is 0 Å². The minimum atomic E-state index is 0.114. The first kappa shape index (κ1) is 8.33. The van der Waals surface area contributed by atoms with E-state index < -0.39 is 0 Å². The smallest absolute Gasteiger partial charge is 0.159 e. The van der Waals surface area contributed by atoms with E-state index >= 15 is 0 Å². The average molecular weight is 162 g/mol. The molecule has 0 unspecified atom stereocenters. The SMILES string of the molecule is C=C/C=C1/NC=C(O)C1=NC=C. The molecule has 3 nitrogen and oxygen atoms in total. The molecule has 2 N–H and O–H groups in total. The lowest BCUT2D eigenvalue weighted by Crippen LogP contribution is -2.06. The van der Waals surface area contributed by atoms with Crippen molar-refractivity contribution < 1.29 is 5.11 Å². The summed E-state index contributed by atoms with van der Waals surface area (Å²) in [6.07, 6.45) is 6.19. The molecule has 1 heterocycles. The first-order valence-electron chi connectivity index (χ1n) is 3.47. The molecule has 3 heteroatoms. The lowest BCUT2D eigenvalue weighted by molar-refractivity contribution is 0.444. The van der Waals surface area contributed by atoms with Crippen molar-refractivity contribution in [1.82, 2.24) is 5.32 Å². The quantitative estimate of drug-likeness (QED) is 0.648. The van der Waals surface area contributed by atoms with Crippen molar-refractivity contribution in [1.29, 1.82) is 0 Å². The minimum absolute atomic E-state index is 0.114. The van der Waals surface area contributed by atoms with E-state index in [4.69, 9.17) is 0 Å². The molecule has 0 amide bonds. The van der Waals surface area contributed by atoms with Crippen molar-refractivity contribution in [2.24, 2.45) is 4.99 Å². The van der Waals surface area contributed by atoms with Crippen LogP contribution in [-0.4, -0.2) is 10.8 Å². The van der Waals surface area contributed by atoms with Gasteiger partial charge < -0.3 is 10.4 Å². The molecule has 0 saturated carbocycles. The van der Waals surface area contributed by atoms with Gasteiger partial charge in [-0.15, -0.1) is 0 Å². The molecule has 0 aromatic carbocycles. The number of rotatable bonds is 2. The second-order valence-electron chi connectivity index (χ2n) is 2.15. The maximum absolute atomic E-state index is 9.26. The van der Waals surface area contributed by atoms with Crippen LogP contribution >= 0.6 is 0 Å². The van der Waals surface area contributed by atoms with Gasteiger partial charge in [-0.2, -0.15) is 0 Å². The third kappa shape index (κ3) is 1.45. The molecule has 0 radical (unpaired) electrons. The standard InChI is InChI=1S/C9H10N2O/c1-3-5-7-9(10-4-2)8(12)6-11-7/h3-6,11-12H,1-2H2/b7-5+,10-9?. The molecule has 1 aliphatic rings. The fourth-order valence-corrected chi connectivity index (χ4v) is 0.893. The highest BCUT2D eigenvalue weighted by Crippen LogP contribution is 2.10. The fourth-order valence-electron chi connectivity index (χ4n) is 0.893. The van der Waals surface area contributed by atoms with Gasteiger partial charge in [-0.25, -0.2) is 0 Å². The first-order chi connectivity index (χ1) is 5.79. The van der Waals surface area contributed by atoms with Crippen molar-refractivity contribution in [3.05, 3.63) is 49.2 Å². The minimum Gasteiger partial charge on any atom is -0.504 e. The summed E-state index contributed by atoms with van der Waals surface area (Å²) in [6.45, 7) is 6.99. The average Bonchev–Trinajstić information content (AvgIpc) is 2.37. The van der Waals surface area contributed by atoms with Crippen LogP contribution in [0, 0.1) is 0 Å². The predicted octanol–water partition coefficient (Wildman–Crippen LogP) is 1.64. The van der Waals surface area contributed by atoms with Crippen molar-refractivity contribution in [2.45, 2.75) is 0 Å². The lowest BCUT2D eigenvalue weighted by Gasteiger charge is -1.97. The fraction of sp³-hybridized carbons (Fsp3) is 0. The third-order valence-electron chi connectivity index (χ3n) is 1.37. The molecule has 0 aromatic rings. The topological polar surface area (TPSA) is 44.6 Å². The molecule has 0 bridgehead atoms. The molecule has 12 heavy (non-hydrogen) atoms. The molecule has 62 valence electrons. The summed E-state index contributed by atoms with van der Waals surface area (Å²) < 4.78 is 0. The van der Waals surface area contributed by atoms with Crippen LogP contribution in [0.15, 0.2) is 54.2 Å². The van der Waals surface area contributed by atoms with Crippen LogP contribution in [0.1, 0.15) is 0 Å². The zero-order valence-corrected chi connectivity index (χ0v) is 6.62. The summed E-state index contributed by atoms with van der Waals surface area (Å²) in [6, 6.07) is 0. The third-order valence-corrected chi connectivity index (χ3v) is 1.37. The molecule has 0 saturated heterocycles. The number of hydrogen-bond acceptors (Lipinski definition) is 3. The van der Waals surface area contributed by atoms with E-state index in [1.165, 1.54) is 12.4 Å². The number of aliphatic hydroxyl groups is 1. The van der Waals surface area contributed by atoms with Gasteiger partial charge in [-0.3, -0.25) is 4.99 Å². The Morgan fingerprint density at radius 3 is 2.83 bits per heavy atom. The molecule has 1 aliphatic heterocycles. The second-order valence-corrected chi connectivity index (χ2v) is 2.15. The maximum Gasteiger partial charge on any atom is 0.159 e. The largest absolute Gasteiger partial charge is 0.504 e. The summed E-state index contributed by atoms with van der Waals surface area (Å²) in [7, 11) is 0. The van der Waals surface area contributed by atoms with Crippen LogP contribution in [0.5, 0.6) is 0 Å². The van der Waals surface area contributed by atoms with Crippen LogP contribution in [0.25, 0.3) is 0 Å². The zero-order chi connectivity index (χ0) is 8.97. The van der Waals surface area contributed by atoms with Gasteiger partial charge in [0.25, 0.3) is 0 Å². The number of hydrogen-bond donors (Lipinski definition) is 2. The van der Waals surface area contributed by atoms with E-state index in [-0.39, 0.29) is 5.76 Å². The molecular formula is C9H10N2O. The Hall–Kier alpha value is -1.77. The molecule has 0 atom stereocenters. The zero-order valence-electron chi connectivity index (χ0n) is 6.62. The van der Waals surface area contributed by atoms with Crippen LogP contribution in [0.2, 0.25) is 0 Å². The van der Waals surface area contributed by atoms with E-state index in [0.717, 1.165) is 5.70 Å². The Morgan fingerprint density at radius 1 is 1.50 bits per heavy atom. The first-order valence-corrected chi connectivity index (χ1v) is 3.47.